The average molecular weight is 289 g/mol. The van der Waals surface area contributed by atoms with E-state index in [4.69, 9.17) is 9.84 Å². The number of ether oxygens (including phenoxy) is 1. The minimum absolute atomic E-state index is 0.00855. The van der Waals surface area contributed by atoms with Crippen LogP contribution in [-0.2, 0) is 16.0 Å². The van der Waals surface area contributed by atoms with Crippen LogP contribution in [0.2, 0.25) is 0 Å². The SMILES string of the molecule is O=C(O)Cc1sc(C2CCCO2)nc1-c1ccccc1. The molecule has 1 aromatic heterocycles. The lowest BCUT2D eigenvalue weighted by molar-refractivity contribution is -0.136. The van der Waals surface area contributed by atoms with Crippen LogP contribution in [-0.4, -0.2) is 22.7 Å². The van der Waals surface area contributed by atoms with Crippen molar-refractivity contribution in [2.75, 3.05) is 6.61 Å². The third kappa shape index (κ3) is 2.73. The number of hydrogen-bond donors (Lipinski definition) is 1. The number of nitrogens with zero attached hydrogens (tertiary/aromatic N) is 1. The summed E-state index contributed by atoms with van der Waals surface area (Å²) in [6, 6.07) is 9.73. The number of thiazole rings is 1. The van der Waals surface area contributed by atoms with Crippen LogP contribution in [0.3, 0.4) is 0 Å². The highest BCUT2D eigenvalue weighted by molar-refractivity contribution is 7.12. The Kier molecular flexibility index (Phi) is 3.80. The first kappa shape index (κ1) is 13.3. The van der Waals surface area contributed by atoms with Crippen LogP contribution in [0.15, 0.2) is 30.3 Å². The molecule has 1 aliphatic rings. The van der Waals surface area contributed by atoms with Crippen molar-refractivity contribution in [3.05, 3.63) is 40.2 Å². The Hall–Kier alpha value is -1.72. The first-order valence-corrected chi connectivity index (χ1v) is 7.44. The first-order chi connectivity index (χ1) is 9.74. The summed E-state index contributed by atoms with van der Waals surface area (Å²) in [5.41, 5.74) is 1.74. The van der Waals surface area contributed by atoms with Crippen molar-refractivity contribution < 1.29 is 14.6 Å². The maximum Gasteiger partial charge on any atom is 0.308 e. The monoisotopic (exact) mass is 289 g/mol. The van der Waals surface area contributed by atoms with Gasteiger partial charge in [-0.15, -0.1) is 11.3 Å². The molecule has 1 aliphatic heterocycles. The Bertz CT molecular complexity index is 603. The summed E-state index contributed by atoms with van der Waals surface area (Å²) in [5, 5.41) is 9.96. The van der Waals surface area contributed by atoms with E-state index < -0.39 is 5.97 Å². The van der Waals surface area contributed by atoms with Crippen LogP contribution in [0.4, 0.5) is 0 Å². The van der Waals surface area contributed by atoms with Gasteiger partial charge >= 0.3 is 5.97 Å². The topological polar surface area (TPSA) is 59.4 Å². The fourth-order valence-corrected chi connectivity index (χ4v) is 3.52. The van der Waals surface area contributed by atoms with Crippen LogP contribution in [0.1, 0.15) is 28.8 Å². The van der Waals surface area contributed by atoms with E-state index in [-0.39, 0.29) is 12.5 Å². The number of aliphatic carboxylic acids is 1. The molecule has 1 aromatic carbocycles. The van der Waals surface area contributed by atoms with Crippen molar-refractivity contribution >= 4 is 17.3 Å². The fourth-order valence-electron chi connectivity index (χ4n) is 2.36. The lowest BCUT2D eigenvalue weighted by Gasteiger charge is -2.03. The van der Waals surface area contributed by atoms with Crippen LogP contribution in [0.25, 0.3) is 11.3 Å². The van der Waals surface area contributed by atoms with Crippen molar-refractivity contribution in [2.45, 2.75) is 25.4 Å². The quantitative estimate of drug-likeness (QED) is 0.938. The van der Waals surface area contributed by atoms with E-state index in [0.717, 1.165) is 40.6 Å². The second-order valence-corrected chi connectivity index (χ2v) is 5.88. The Morgan fingerprint density at radius 3 is 2.85 bits per heavy atom. The molecule has 0 aliphatic carbocycles. The molecule has 20 heavy (non-hydrogen) atoms. The zero-order chi connectivity index (χ0) is 13.9. The molecule has 2 heterocycles. The van der Waals surface area contributed by atoms with Crippen LogP contribution >= 0.6 is 11.3 Å². The molecule has 0 saturated carbocycles. The molecule has 0 spiro atoms. The van der Waals surface area contributed by atoms with E-state index in [1.54, 1.807) is 0 Å². The highest BCUT2D eigenvalue weighted by atomic mass is 32.1. The summed E-state index contributed by atoms with van der Waals surface area (Å²) in [4.78, 5) is 16.5. The van der Waals surface area contributed by atoms with Gasteiger partial charge in [0.1, 0.15) is 11.1 Å². The fraction of sp³-hybridized carbons (Fsp3) is 0.333. The molecular formula is C15H15NO3S. The third-order valence-electron chi connectivity index (χ3n) is 3.28. The van der Waals surface area contributed by atoms with Gasteiger partial charge in [0.05, 0.1) is 12.1 Å². The maximum absolute atomic E-state index is 11.0. The number of aromatic nitrogens is 1. The van der Waals surface area contributed by atoms with Gasteiger partial charge in [-0.3, -0.25) is 4.79 Å². The van der Waals surface area contributed by atoms with Gasteiger partial charge in [-0.05, 0) is 12.8 Å². The molecular weight excluding hydrogens is 274 g/mol. The third-order valence-corrected chi connectivity index (χ3v) is 4.43. The molecule has 1 fully saturated rings. The number of carbonyl (C=O) groups is 1. The summed E-state index contributed by atoms with van der Waals surface area (Å²) in [6.07, 6.45) is 2.05. The van der Waals surface area contributed by atoms with E-state index in [2.05, 4.69) is 4.98 Å². The van der Waals surface area contributed by atoms with E-state index in [9.17, 15) is 4.79 Å². The number of benzene rings is 1. The van der Waals surface area contributed by atoms with E-state index in [0.29, 0.717) is 0 Å². The predicted octanol–water partition coefficient (Wildman–Crippen LogP) is 3.29. The first-order valence-electron chi connectivity index (χ1n) is 6.62. The lowest BCUT2D eigenvalue weighted by Crippen LogP contribution is -1.99. The standard InChI is InChI=1S/C15H15NO3S/c17-13(18)9-12-14(10-5-2-1-3-6-10)16-15(20-12)11-7-4-8-19-11/h1-3,5-6,11H,4,7-9H2,(H,17,18). The van der Waals surface area contributed by atoms with Crippen LogP contribution < -0.4 is 0 Å². The molecule has 3 rings (SSSR count). The summed E-state index contributed by atoms with van der Waals surface area (Å²) >= 11 is 1.46. The second kappa shape index (κ2) is 5.73. The molecule has 1 saturated heterocycles. The smallest absolute Gasteiger partial charge is 0.308 e. The van der Waals surface area contributed by atoms with Crippen molar-refractivity contribution in [1.29, 1.82) is 0 Å². The Balaban J connectivity index is 1.99. The zero-order valence-corrected chi connectivity index (χ0v) is 11.7. The van der Waals surface area contributed by atoms with Gasteiger partial charge in [0, 0.05) is 17.0 Å². The average Bonchev–Trinajstić information content (AvgIpc) is 3.08. The Labute approximate surface area is 121 Å². The molecule has 1 unspecified atom stereocenters. The van der Waals surface area contributed by atoms with Gasteiger partial charge < -0.3 is 9.84 Å². The molecule has 2 aromatic rings. The maximum atomic E-state index is 11.0. The predicted molar refractivity (Wildman–Crippen MR) is 76.8 cm³/mol. The summed E-state index contributed by atoms with van der Waals surface area (Å²) in [6.45, 7) is 0.763. The molecule has 1 N–H and O–H groups in total. The van der Waals surface area contributed by atoms with Gasteiger partial charge in [0.25, 0.3) is 0 Å². The Morgan fingerprint density at radius 1 is 1.40 bits per heavy atom. The van der Waals surface area contributed by atoms with Gasteiger partial charge in [-0.2, -0.15) is 0 Å². The zero-order valence-electron chi connectivity index (χ0n) is 10.9. The van der Waals surface area contributed by atoms with Crippen molar-refractivity contribution in [1.82, 2.24) is 4.98 Å². The van der Waals surface area contributed by atoms with Crippen molar-refractivity contribution in [3.8, 4) is 11.3 Å². The number of hydrogen-bond acceptors (Lipinski definition) is 4. The minimum Gasteiger partial charge on any atom is -0.481 e. The number of carboxylic acids is 1. The van der Waals surface area contributed by atoms with E-state index in [1.807, 2.05) is 30.3 Å². The largest absolute Gasteiger partial charge is 0.481 e. The van der Waals surface area contributed by atoms with Gasteiger partial charge in [-0.1, -0.05) is 30.3 Å². The second-order valence-electron chi connectivity index (χ2n) is 4.76. The molecule has 0 bridgehead atoms. The van der Waals surface area contributed by atoms with E-state index >= 15 is 0 Å². The summed E-state index contributed by atoms with van der Waals surface area (Å²) in [5.74, 6) is -0.829. The van der Waals surface area contributed by atoms with Crippen molar-refractivity contribution in [2.24, 2.45) is 0 Å². The molecule has 0 radical (unpaired) electrons. The van der Waals surface area contributed by atoms with Gasteiger partial charge in [0.2, 0.25) is 0 Å². The van der Waals surface area contributed by atoms with Crippen LogP contribution in [0.5, 0.6) is 0 Å². The summed E-state index contributed by atoms with van der Waals surface area (Å²) in [7, 11) is 0. The molecule has 1 atom stereocenters. The Morgan fingerprint density at radius 2 is 2.20 bits per heavy atom. The van der Waals surface area contributed by atoms with Gasteiger partial charge in [-0.25, -0.2) is 4.98 Å². The van der Waals surface area contributed by atoms with Crippen LogP contribution in [0, 0.1) is 0 Å². The number of rotatable bonds is 4. The molecule has 5 heteroatoms. The molecule has 104 valence electrons. The highest BCUT2D eigenvalue weighted by Gasteiger charge is 2.24. The summed E-state index contributed by atoms with van der Waals surface area (Å²) < 4.78 is 5.65. The van der Waals surface area contributed by atoms with Crippen molar-refractivity contribution in [3.63, 3.8) is 0 Å². The minimum atomic E-state index is -0.829. The normalized spacial score (nSPS) is 18.3. The molecule has 4 nitrogen and oxygen atoms in total. The molecule has 0 amide bonds. The number of carboxylic acid groups (broad SMARTS) is 1. The lowest BCUT2D eigenvalue weighted by atomic mass is 10.1. The highest BCUT2D eigenvalue weighted by Crippen LogP contribution is 2.36. The van der Waals surface area contributed by atoms with Gasteiger partial charge in [0.15, 0.2) is 0 Å². The van der Waals surface area contributed by atoms with E-state index in [1.165, 1.54) is 11.3 Å².